The molecule has 0 saturated heterocycles. The second kappa shape index (κ2) is 7.42. The Bertz CT molecular complexity index is 409. The summed E-state index contributed by atoms with van der Waals surface area (Å²) in [5.74, 6) is 0.961. The van der Waals surface area contributed by atoms with Crippen LogP contribution in [0.3, 0.4) is 0 Å². The third-order valence-corrected chi connectivity index (χ3v) is 3.31. The minimum Gasteiger partial charge on any atom is -0.349 e. The largest absolute Gasteiger partial charge is 0.349 e. The zero-order chi connectivity index (χ0) is 13.9. The maximum absolute atomic E-state index is 4.65. The highest BCUT2D eigenvalue weighted by molar-refractivity contribution is 14.0. The number of guanidine groups is 1. The standard InChI is InChI=1S/C13H24N4S.HI/c1-13(2,3)10-9-18-11(15-10)8-14-12(16(4)5)17(6)7;/h9H,8H2,1-7H3;1H. The van der Waals surface area contributed by atoms with Crippen LogP contribution < -0.4 is 0 Å². The number of rotatable bonds is 2. The average Bonchev–Trinajstić information content (AvgIpc) is 2.64. The van der Waals surface area contributed by atoms with Crippen LogP contribution in [-0.2, 0) is 12.0 Å². The lowest BCUT2D eigenvalue weighted by atomic mass is 9.93. The van der Waals surface area contributed by atoms with Crippen molar-refractivity contribution < 1.29 is 0 Å². The Balaban J connectivity index is 0.00000324. The zero-order valence-corrected chi connectivity index (χ0v) is 16.0. The molecule has 0 aliphatic carbocycles. The number of halogens is 1. The van der Waals surface area contributed by atoms with Crippen LogP contribution in [0.2, 0.25) is 0 Å². The Morgan fingerprint density at radius 1 is 1.21 bits per heavy atom. The normalized spacial score (nSPS) is 10.7. The summed E-state index contributed by atoms with van der Waals surface area (Å²) in [7, 11) is 8.01. The molecular weight excluding hydrogens is 371 g/mol. The van der Waals surface area contributed by atoms with Gasteiger partial charge in [-0.3, -0.25) is 0 Å². The van der Waals surface area contributed by atoms with Crippen molar-refractivity contribution in [2.45, 2.75) is 32.7 Å². The summed E-state index contributed by atoms with van der Waals surface area (Å²) in [4.78, 5) is 13.3. The first-order valence-electron chi connectivity index (χ1n) is 6.06. The van der Waals surface area contributed by atoms with Crippen molar-refractivity contribution in [1.29, 1.82) is 0 Å². The monoisotopic (exact) mass is 396 g/mol. The van der Waals surface area contributed by atoms with Gasteiger partial charge in [0, 0.05) is 39.0 Å². The van der Waals surface area contributed by atoms with E-state index in [1.165, 1.54) is 0 Å². The van der Waals surface area contributed by atoms with E-state index in [9.17, 15) is 0 Å². The van der Waals surface area contributed by atoms with Crippen LogP contribution in [0.25, 0.3) is 0 Å². The van der Waals surface area contributed by atoms with Gasteiger partial charge in [-0.1, -0.05) is 20.8 Å². The minimum absolute atomic E-state index is 0. The van der Waals surface area contributed by atoms with Gasteiger partial charge >= 0.3 is 0 Å². The molecule has 1 rings (SSSR count). The maximum atomic E-state index is 4.65. The summed E-state index contributed by atoms with van der Waals surface area (Å²) >= 11 is 1.69. The second-order valence-electron chi connectivity index (χ2n) is 5.78. The SMILES string of the molecule is CN(C)C(=NCc1nc(C(C)(C)C)cs1)N(C)C.I. The summed E-state index contributed by atoms with van der Waals surface area (Å²) in [6.07, 6.45) is 0. The Kier molecular flexibility index (Phi) is 7.28. The second-order valence-corrected chi connectivity index (χ2v) is 6.72. The van der Waals surface area contributed by atoms with Crippen molar-refractivity contribution in [3.63, 3.8) is 0 Å². The van der Waals surface area contributed by atoms with E-state index in [1.54, 1.807) is 11.3 Å². The highest BCUT2D eigenvalue weighted by Gasteiger charge is 2.17. The van der Waals surface area contributed by atoms with Crippen LogP contribution in [-0.4, -0.2) is 48.9 Å². The summed E-state index contributed by atoms with van der Waals surface area (Å²) in [5.41, 5.74) is 1.26. The van der Waals surface area contributed by atoms with E-state index >= 15 is 0 Å². The van der Waals surface area contributed by atoms with E-state index in [4.69, 9.17) is 0 Å². The molecule has 0 atom stereocenters. The van der Waals surface area contributed by atoms with E-state index < -0.39 is 0 Å². The van der Waals surface area contributed by atoms with Crippen molar-refractivity contribution in [1.82, 2.24) is 14.8 Å². The lowest BCUT2D eigenvalue weighted by Gasteiger charge is -2.22. The van der Waals surface area contributed by atoms with Gasteiger partial charge in [0.2, 0.25) is 0 Å². The van der Waals surface area contributed by atoms with Crippen molar-refractivity contribution >= 4 is 41.3 Å². The van der Waals surface area contributed by atoms with Crippen molar-refractivity contribution in [2.75, 3.05) is 28.2 Å². The molecule has 19 heavy (non-hydrogen) atoms. The Morgan fingerprint density at radius 2 is 1.74 bits per heavy atom. The highest BCUT2D eigenvalue weighted by Crippen LogP contribution is 2.24. The first kappa shape index (κ1) is 18.6. The molecule has 0 bridgehead atoms. The van der Waals surface area contributed by atoms with Gasteiger partial charge in [-0.15, -0.1) is 35.3 Å². The van der Waals surface area contributed by atoms with Gasteiger partial charge in [-0.25, -0.2) is 9.98 Å². The van der Waals surface area contributed by atoms with Crippen LogP contribution in [0.5, 0.6) is 0 Å². The van der Waals surface area contributed by atoms with Crippen LogP contribution in [0.1, 0.15) is 31.5 Å². The minimum atomic E-state index is 0. The molecule has 0 aliphatic heterocycles. The molecule has 0 amide bonds. The van der Waals surface area contributed by atoms with Gasteiger partial charge in [0.05, 0.1) is 12.2 Å². The van der Waals surface area contributed by atoms with Gasteiger partial charge in [-0.05, 0) is 0 Å². The molecule has 0 spiro atoms. The average molecular weight is 396 g/mol. The fraction of sp³-hybridized carbons (Fsp3) is 0.692. The van der Waals surface area contributed by atoms with Crippen molar-refractivity contribution in [3.8, 4) is 0 Å². The van der Waals surface area contributed by atoms with Crippen molar-refractivity contribution in [2.24, 2.45) is 4.99 Å². The predicted octanol–water partition coefficient (Wildman–Crippen LogP) is 3.04. The Morgan fingerprint density at radius 3 is 2.11 bits per heavy atom. The Labute approximate surface area is 137 Å². The summed E-state index contributed by atoms with van der Waals surface area (Å²) in [6.45, 7) is 7.19. The van der Waals surface area contributed by atoms with E-state index in [0.29, 0.717) is 6.54 Å². The molecule has 6 heteroatoms. The molecule has 1 aromatic rings. The summed E-state index contributed by atoms with van der Waals surface area (Å²) < 4.78 is 0. The molecule has 110 valence electrons. The fourth-order valence-electron chi connectivity index (χ4n) is 1.55. The van der Waals surface area contributed by atoms with Crippen LogP contribution >= 0.6 is 35.3 Å². The smallest absolute Gasteiger partial charge is 0.195 e. The fourth-order valence-corrected chi connectivity index (χ4v) is 2.49. The third-order valence-electron chi connectivity index (χ3n) is 2.48. The quantitative estimate of drug-likeness (QED) is 0.438. The number of aliphatic imine (C=N–C) groups is 1. The third kappa shape index (κ3) is 5.64. The molecule has 0 unspecified atom stereocenters. The lowest BCUT2D eigenvalue weighted by molar-refractivity contribution is 0.479. The van der Waals surface area contributed by atoms with Crippen LogP contribution in [0.15, 0.2) is 10.4 Å². The number of aromatic nitrogens is 1. The topological polar surface area (TPSA) is 31.7 Å². The molecule has 1 aromatic heterocycles. The number of hydrogen-bond acceptors (Lipinski definition) is 3. The molecule has 0 radical (unpaired) electrons. The predicted molar refractivity (Wildman–Crippen MR) is 94.7 cm³/mol. The van der Waals surface area contributed by atoms with Gasteiger partial charge < -0.3 is 9.80 Å². The molecule has 0 saturated carbocycles. The van der Waals surface area contributed by atoms with Crippen molar-refractivity contribution in [3.05, 3.63) is 16.1 Å². The molecule has 1 heterocycles. The molecule has 0 aromatic carbocycles. The van der Waals surface area contributed by atoms with Gasteiger partial charge in [0.1, 0.15) is 5.01 Å². The Hall–Kier alpha value is -0.370. The molecule has 0 aliphatic rings. The highest BCUT2D eigenvalue weighted by atomic mass is 127. The first-order valence-corrected chi connectivity index (χ1v) is 6.93. The zero-order valence-electron chi connectivity index (χ0n) is 12.9. The molecule has 0 N–H and O–H groups in total. The number of nitrogens with zero attached hydrogens (tertiary/aromatic N) is 4. The molecule has 4 nitrogen and oxygen atoms in total. The van der Waals surface area contributed by atoms with E-state index in [2.05, 4.69) is 36.1 Å². The van der Waals surface area contributed by atoms with Crippen LogP contribution in [0, 0.1) is 0 Å². The maximum Gasteiger partial charge on any atom is 0.195 e. The molecule has 0 fully saturated rings. The van der Waals surface area contributed by atoms with Gasteiger partial charge in [0.15, 0.2) is 5.96 Å². The summed E-state index contributed by atoms with van der Waals surface area (Å²) in [5, 5.41) is 3.21. The van der Waals surface area contributed by atoms with Crippen LogP contribution in [0.4, 0.5) is 0 Å². The van der Waals surface area contributed by atoms with E-state index in [-0.39, 0.29) is 29.4 Å². The lowest BCUT2D eigenvalue weighted by Crippen LogP contribution is -2.35. The van der Waals surface area contributed by atoms with Gasteiger partial charge in [-0.2, -0.15) is 0 Å². The van der Waals surface area contributed by atoms with E-state index in [0.717, 1.165) is 16.7 Å². The van der Waals surface area contributed by atoms with Gasteiger partial charge in [0.25, 0.3) is 0 Å². The number of hydrogen-bond donors (Lipinski definition) is 0. The summed E-state index contributed by atoms with van der Waals surface area (Å²) in [6, 6.07) is 0. The molecular formula is C13H25IN4S. The number of thiazole rings is 1. The van der Waals surface area contributed by atoms with E-state index in [1.807, 2.05) is 38.0 Å². The first-order chi connectivity index (χ1) is 8.21.